The molecule has 1 N–H and O–H groups in total. The predicted octanol–water partition coefficient (Wildman–Crippen LogP) is 2.43. The van der Waals surface area contributed by atoms with Gasteiger partial charge in [-0.3, -0.25) is 4.79 Å². The molecular weight excluding hydrogens is 376 g/mol. The van der Waals surface area contributed by atoms with Gasteiger partial charge in [-0.1, -0.05) is 17.7 Å². The van der Waals surface area contributed by atoms with Gasteiger partial charge in [-0.25, -0.2) is 22.6 Å². The summed E-state index contributed by atoms with van der Waals surface area (Å²) in [5.74, 6) is -2.69. The summed E-state index contributed by atoms with van der Waals surface area (Å²) < 4.78 is 52.0. The van der Waals surface area contributed by atoms with Crippen molar-refractivity contribution < 1.29 is 22.0 Å². The average molecular weight is 395 g/mol. The Labute approximate surface area is 156 Å². The molecule has 0 aliphatic rings. The third-order valence-corrected chi connectivity index (χ3v) is 5.60. The molecule has 2 aromatic rings. The zero-order valence-electron chi connectivity index (χ0n) is 15.0. The zero-order valence-corrected chi connectivity index (χ0v) is 15.8. The van der Waals surface area contributed by atoms with Gasteiger partial charge in [0.05, 0.1) is 17.2 Å². The summed E-state index contributed by atoms with van der Waals surface area (Å²) in [6, 6.07) is 9.47. The highest BCUT2D eigenvalue weighted by molar-refractivity contribution is 7.89. The number of nitrogens with zero attached hydrogens (tertiary/aromatic N) is 2. The number of carbonyl (C=O) groups excluding carboxylic acids is 1. The standard InChI is InChI=1S/C18H19F2N3O3S/c1-12-4-7-15(8-5-12)27(25,26)23(3)11-18(24)22-21-13(2)14-6-9-16(19)17(20)10-14/h4-10H,11H2,1-3H3,(H,22,24)/b21-13-. The molecule has 0 spiro atoms. The third kappa shape index (κ3) is 5.18. The third-order valence-electron chi connectivity index (χ3n) is 3.78. The lowest BCUT2D eigenvalue weighted by Gasteiger charge is -2.16. The molecular formula is C18H19F2N3O3S. The highest BCUT2D eigenvalue weighted by atomic mass is 32.2. The van der Waals surface area contributed by atoms with Crippen LogP contribution in [0.5, 0.6) is 0 Å². The molecule has 0 saturated carbocycles. The van der Waals surface area contributed by atoms with E-state index in [0.717, 1.165) is 22.0 Å². The molecule has 0 saturated heterocycles. The van der Waals surface area contributed by atoms with Crippen molar-refractivity contribution in [2.24, 2.45) is 5.10 Å². The van der Waals surface area contributed by atoms with Crippen LogP contribution in [0.1, 0.15) is 18.1 Å². The van der Waals surface area contributed by atoms with Gasteiger partial charge in [0.1, 0.15) is 0 Å². The first kappa shape index (κ1) is 20.7. The lowest BCUT2D eigenvalue weighted by atomic mass is 10.1. The van der Waals surface area contributed by atoms with Crippen LogP contribution in [0.4, 0.5) is 8.78 Å². The normalized spacial score (nSPS) is 12.3. The van der Waals surface area contributed by atoms with E-state index in [1.54, 1.807) is 12.1 Å². The summed E-state index contributed by atoms with van der Waals surface area (Å²) in [5, 5.41) is 3.79. The highest BCUT2D eigenvalue weighted by Crippen LogP contribution is 2.14. The summed E-state index contributed by atoms with van der Waals surface area (Å²) in [6.45, 7) is 2.88. The Morgan fingerprint density at radius 1 is 1.11 bits per heavy atom. The molecule has 0 aliphatic heterocycles. The first-order valence-electron chi connectivity index (χ1n) is 7.93. The summed E-state index contributed by atoms with van der Waals surface area (Å²) in [5.41, 5.74) is 3.65. The number of amides is 1. The van der Waals surface area contributed by atoms with Gasteiger partial charge in [0.15, 0.2) is 11.6 Å². The van der Waals surface area contributed by atoms with Gasteiger partial charge in [0, 0.05) is 12.6 Å². The van der Waals surface area contributed by atoms with Gasteiger partial charge < -0.3 is 0 Å². The number of hydrazone groups is 1. The lowest BCUT2D eigenvalue weighted by Crippen LogP contribution is -2.36. The van der Waals surface area contributed by atoms with Crippen LogP contribution in [0.3, 0.4) is 0 Å². The maximum atomic E-state index is 13.2. The molecule has 9 heteroatoms. The Hall–Kier alpha value is -2.65. The van der Waals surface area contributed by atoms with Gasteiger partial charge in [-0.2, -0.15) is 9.41 Å². The van der Waals surface area contributed by atoms with Gasteiger partial charge in [0.25, 0.3) is 5.91 Å². The Kier molecular flexibility index (Phi) is 6.40. The molecule has 0 aliphatic carbocycles. The molecule has 0 unspecified atom stereocenters. The van der Waals surface area contributed by atoms with Crippen LogP contribution in [0.25, 0.3) is 0 Å². The van der Waals surface area contributed by atoms with Crippen molar-refractivity contribution in [3.63, 3.8) is 0 Å². The van der Waals surface area contributed by atoms with E-state index in [9.17, 15) is 22.0 Å². The van der Waals surface area contributed by atoms with E-state index in [2.05, 4.69) is 10.5 Å². The number of nitrogens with one attached hydrogen (secondary N) is 1. The van der Waals surface area contributed by atoms with Crippen LogP contribution < -0.4 is 5.43 Å². The molecule has 27 heavy (non-hydrogen) atoms. The maximum Gasteiger partial charge on any atom is 0.255 e. The number of aryl methyl sites for hydroxylation is 1. The minimum Gasteiger partial charge on any atom is -0.272 e. The number of rotatable bonds is 6. The van der Waals surface area contributed by atoms with Crippen molar-refractivity contribution in [2.75, 3.05) is 13.6 Å². The zero-order chi connectivity index (χ0) is 20.2. The molecule has 144 valence electrons. The van der Waals surface area contributed by atoms with E-state index in [1.165, 1.54) is 32.2 Å². The van der Waals surface area contributed by atoms with E-state index in [1.807, 2.05) is 6.92 Å². The fraction of sp³-hybridized carbons (Fsp3) is 0.222. The molecule has 0 bridgehead atoms. The molecule has 6 nitrogen and oxygen atoms in total. The smallest absolute Gasteiger partial charge is 0.255 e. The first-order chi connectivity index (χ1) is 12.6. The van der Waals surface area contributed by atoms with E-state index >= 15 is 0 Å². The number of sulfonamides is 1. The quantitative estimate of drug-likeness (QED) is 0.603. The average Bonchev–Trinajstić information content (AvgIpc) is 2.62. The molecule has 0 aromatic heterocycles. The molecule has 2 rings (SSSR count). The fourth-order valence-corrected chi connectivity index (χ4v) is 3.27. The number of benzene rings is 2. The van der Waals surface area contributed by atoms with Crippen molar-refractivity contribution in [1.29, 1.82) is 0 Å². The number of hydrogen-bond donors (Lipinski definition) is 1. The number of carbonyl (C=O) groups is 1. The van der Waals surface area contributed by atoms with Crippen molar-refractivity contribution in [2.45, 2.75) is 18.7 Å². The molecule has 0 atom stereocenters. The minimum absolute atomic E-state index is 0.0740. The summed E-state index contributed by atoms with van der Waals surface area (Å²) in [6.07, 6.45) is 0. The second kappa shape index (κ2) is 8.36. The molecule has 0 heterocycles. The van der Waals surface area contributed by atoms with E-state index in [0.29, 0.717) is 0 Å². The van der Waals surface area contributed by atoms with Crippen molar-refractivity contribution in [1.82, 2.24) is 9.73 Å². The molecule has 2 aromatic carbocycles. The van der Waals surface area contributed by atoms with Crippen LogP contribution >= 0.6 is 0 Å². The maximum absolute atomic E-state index is 13.2. The second-order valence-electron chi connectivity index (χ2n) is 5.94. The van der Waals surface area contributed by atoms with Crippen LogP contribution in [0.15, 0.2) is 52.5 Å². The van der Waals surface area contributed by atoms with Gasteiger partial charge >= 0.3 is 0 Å². The van der Waals surface area contributed by atoms with Gasteiger partial charge in [-0.05, 0) is 44.2 Å². The second-order valence-corrected chi connectivity index (χ2v) is 7.98. The van der Waals surface area contributed by atoms with E-state index < -0.39 is 34.1 Å². The Morgan fingerprint density at radius 3 is 2.33 bits per heavy atom. The molecule has 0 radical (unpaired) electrons. The van der Waals surface area contributed by atoms with Crippen molar-refractivity contribution in [3.05, 3.63) is 65.2 Å². The Bertz CT molecular complexity index is 974. The van der Waals surface area contributed by atoms with Crippen LogP contribution in [0.2, 0.25) is 0 Å². The fourth-order valence-electron chi connectivity index (χ4n) is 2.14. The minimum atomic E-state index is -3.82. The summed E-state index contributed by atoms with van der Waals surface area (Å²) >= 11 is 0. The SMILES string of the molecule is C/C(=N/NC(=O)CN(C)S(=O)(=O)c1ccc(C)cc1)c1ccc(F)c(F)c1. The van der Waals surface area contributed by atoms with Crippen molar-refractivity contribution >= 4 is 21.6 Å². The van der Waals surface area contributed by atoms with Crippen molar-refractivity contribution in [3.8, 4) is 0 Å². The first-order valence-corrected chi connectivity index (χ1v) is 9.37. The van der Waals surface area contributed by atoms with Crippen LogP contribution in [-0.2, 0) is 14.8 Å². The van der Waals surface area contributed by atoms with Gasteiger partial charge in [-0.15, -0.1) is 0 Å². The van der Waals surface area contributed by atoms with Crippen LogP contribution in [0, 0.1) is 18.6 Å². The number of halogens is 2. The van der Waals surface area contributed by atoms with Crippen LogP contribution in [-0.4, -0.2) is 37.9 Å². The Balaban J connectivity index is 2.03. The predicted molar refractivity (Wildman–Crippen MR) is 97.7 cm³/mol. The van der Waals surface area contributed by atoms with E-state index in [4.69, 9.17) is 0 Å². The number of likely N-dealkylation sites (N-methyl/N-ethyl adjacent to an activating group) is 1. The molecule has 1 amide bonds. The monoisotopic (exact) mass is 395 g/mol. The lowest BCUT2D eigenvalue weighted by molar-refractivity contribution is -0.121. The summed E-state index contributed by atoms with van der Waals surface area (Å²) in [4.78, 5) is 12.1. The summed E-state index contributed by atoms with van der Waals surface area (Å²) in [7, 11) is -2.54. The Morgan fingerprint density at radius 2 is 1.74 bits per heavy atom. The molecule has 0 fully saturated rings. The largest absolute Gasteiger partial charge is 0.272 e. The highest BCUT2D eigenvalue weighted by Gasteiger charge is 2.22. The van der Waals surface area contributed by atoms with E-state index in [-0.39, 0.29) is 16.2 Å². The topological polar surface area (TPSA) is 78.8 Å². The van der Waals surface area contributed by atoms with Gasteiger partial charge in [0.2, 0.25) is 10.0 Å². The number of hydrogen-bond acceptors (Lipinski definition) is 4.